The summed E-state index contributed by atoms with van der Waals surface area (Å²) >= 11 is 0. The van der Waals surface area contributed by atoms with Gasteiger partial charge in [-0.1, -0.05) is 30.3 Å². The number of hydrogen-bond donors (Lipinski definition) is 1. The fraction of sp³-hybridized carbons (Fsp3) is 0.158. The van der Waals surface area contributed by atoms with E-state index in [4.69, 9.17) is 4.74 Å². The number of nitrogens with one attached hydrogen (secondary N) is 1. The van der Waals surface area contributed by atoms with E-state index in [0.717, 1.165) is 12.1 Å². The Hall–Kier alpha value is -3.36. The van der Waals surface area contributed by atoms with Crippen LogP contribution in [0.3, 0.4) is 0 Å². The van der Waals surface area contributed by atoms with E-state index < -0.39 is 24.5 Å². The molecule has 0 aliphatic heterocycles. The van der Waals surface area contributed by atoms with E-state index in [1.54, 1.807) is 31.3 Å². The maximum Gasteiger partial charge on any atom is 0.417 e. The minimum atomic E-state index is -4.43. The number of anilines is 1. The van der Waals surface area contributed by atoms with E-state index >= 15 is 0 Å². The zero-order valence-electron chi connectivity index (χ0n) is 14.6. The molecule has 28 heavy (non-hydrogen) atoms. The molecule has 0 aliphatic carbocycles. The molecule has 1 heterocycles. The third kappa shape index (κ3) is 4.30. The van der Waals surface area contributed by atoms with Crippen molar-refractivity contribution in [3.63, 3.8) is 0 Å². The number of amides is 1. The van der Waals surface area contributed by atoms with Crippen LogP contribution in [0.1, 0.15) is 11.3 Å². The second-order valence-corrected chi connectivity index (χ2v) is 5.88. The van der Waals surface area contributed by atoms with Gasteiger partial charge in [0, 0.05) is 12.6 Å². The summed E-state index contributed by atoms with van der Waals surface area (Å²) in [6.45, 7) is -0.897. The summed E-state index contributed by atoms with van der Waals surface area (Å²) < 4.78 is 57.5. The smallest absolute Gasteiger partial charge is 0.406 e. The average Bonchev–Trinajstić information content (AvgIpc) is 3.00. The van der Waals surface area contributed by atoms with Crippen LogP contribution in [0.15, 0.2) is 54.7 Å². The van der Waals surface area contributed by atoms with E-state index in [9.17, 15) is 22.4 Å². The summed E-state index contributed by atoms with van der Waals surface area (Å²) in [4.78, 5) is 12.2. The van der Waals surface area contributed by atoms with Gasteiger partial charge < -0.3 is 4.74 Å². The van der Waals surface area contributed by atoms with Gasteiger partial charge in [-0.15, -0.1) is 0 Å². The van der Waals surface area contributed by atoms with Crippen molar-refractivity contribution >= 4 is 11.8 Å². The number of carbonyl (C=O) groups excluding carboxylic acids is 1. The molecule has 0 fully saturated rings. The van der Waals surface area contributed by atoms with Crippen molar-refractivity contribution in [3.05, 3.63) is 66.0 Å². The van der Waals surface area contributed by atoms with Crippen LogP contribution in [-0.4, -0.2) is 15.9 Å². The zero-order chi connectivity index (χ0) is 20.3. The lowest BCUT2D eigenvalue weighted by molar-refractivity contribution is -0.137. The first-order chi connectivity index (χ1) is 13.3. The van der Waals surface area contributed by atoms with Gasteiger partial charge in [-0.2, -0.15) is 18.3 Å². The molecule has 5 nitrogen and oxygen atoms in total. The van der Waals surface area contributed by atoms with E-state index in [0.29, 0.717) is 16.8 Å². The van der Waals surface area contributed by atoms with Crippen molar-refractivity contribution in [3.8, 4) is 16.9 Å². The first-order valence-corrected chi connectivity index (χ1v) is 8.12. The summed E-state index contributed by atoms with van der Waals surface area (Å²) in [5, 5.41) is 6.35. The van der Waals surface area contributed by atoms with Crippen molar-refractivity contribution < 1.29 is 27.1 Å². The van der Waals surface area contributed by atoms with Crippen molar-refractivity contribution in [2.75, 3.05) is 5.32 Å². The predicted molar refractivity (Wildman–Crippen MR) is 94.5 cm³/mol. The van der Waals surface area contributed by atoms with Crippen molar-refractivity contribution in [2.45, 2.75) is 12.9 Å². The number of para-hydroxylation sites is 1. The molecule has 9 heteroatoms. The Labute approximate surface area is 157 Å². The van der Waals surface area contributed by atoms with Gasteiger partial charge in [0.25, 0.3) is 0 Å². The number of ether oxygens (including phenoxy) is 1. The molecule has 0 bridgehead atoms. The molecule has 0 unspecified atom stereocenters. The van der Waals surface area contributed by atoms with Crippen LogP contribution < -0.4 is 10.1 Å². The SMILES string of the molecule is Cn1cc(OC(=O)Nc2ccccc2-c2ccc(C(F)(F)F)cc2)c(CF)n1. The molecule has 0 saturated carbocycles. The highest BCUT2D eigenvalue weighted by molar-refractivity contribution is 5.92. The Morgan fingerprint density at radius 1 is 1.14 bits per heavy atom. The number of alkyl halides is 4. The lowest BCUT2D eigenvalue weighted by Crippen LogP contribution is -2.17. The topological polar surface area (TPSA) is 56.1 Å². The van der Waals surface area contributed by atoms with Gasteiger partial charge in [0.05, 0.1) is 17.4 Å². The molecule has 0 radical (unpaired) electrons. The largest absolute Gasteiger partial charge is 0.417 e. The molecule has 0 saturated heterocycles. The van der Waals surface area contributed by atoms with E-state index in [1.165, 1.54) is 23.0 Å². The molecule has 0 atom stereocenters. The lowest BCUT2D eigenvalue weighted by atomic mass is 10.0. The molecule has 1 N–H and O–H groups in total. The van der Waals surface area contributed by atoms with Crippen LogP contribution in [0.4, 0.5) is 28.0 Å². The maximum atomic E-state index is 12.9. The lowest BCUT2D eigenvalue weighted by Gasteiger charge is -2.12. The summed E-state index contributed by atoms with van der Waals surface area (Å²) in [5.74, 6) is -0.0190. The molecule has 146 valence electrons. The van der Waals surface area contributed by atoms with Crippen LogP contribution in [0.2, 0.25) is 0 Å². The van der Waals surface area contributed by atoms with Crippen LogP contribution in [0.25, 0.3) is 11.1 Å². The van der Waals surface area contributed by atoms with Gasteiger partial charge in [0.15, 0.2) is 5.75 Å². The van der Waals surface area contributed by atoms with Gasteiger partial charge in [0.2, 0.25) is 0 Å². The zero-order valence-corrected chi connectivity index (χ0v) is 14.6. The number of rotatable bonds is 4. The third-order valence-electron chi connectivity index (χ3n) is 3.88. The minimum absolute atomic E-state index is 0.0190. The molecule has 0 aliphatic rings. The number of nitrogens with zero attached hydrogens (tertiary/aromatic N) is 2. The van der Waals surface area contributed by atoms with Gasteiger partial charge >= 0.3 is 12.3 Å². The normalized spacial score (nSPS) is 11.3. The first kappa shape index (κ1) is 19.4. The van der Waals surface area contributed by atoms with E-state index in [2.05, 4.69) is 10.4 Å². The van der Waals surface area contributed by atoms with Gasteiger partial charge in [-0.3, -0.25) is 10.00 Å². The number of aryl methyl sites for hydroxylation is 1. The summed E-state index contributed by atoms with van der Waals surface area (Å²) in [7, 11) is 1.56. The molecule has 1 aromatic heterocycles. The Balaban J connectivity index is 1.81. The highest BCUT2D eigenvalue weighted by Crippen LogP contribution is 2.33. The Morgan fingerprint density at radius 3 is 2.46 bits per heavy atom. The Morgan fingerprint density at radius 2 is 1.82 bits per heavy atom. The third-order valence-corrected chi connectivity index (χ3v) is 3.88. The highest BCUT2D eigenvalue weighted by Gasteiger charge is 2.30. The minimum Gasteiger partial charge on any atom is -0.406 e. The quantitative estimate of drug-likeness (QED) is 0.621. The van der Waals surface area contributed by atoms with Crippen LogP contribution in [0, 0.1) is 0 Å². The fourth-order valence-corrected chi connectivity index (χ4v) is 2.61. The van der Waals surface area contributed by atoms with E-state index in [-0.39, 0.29) is 11.4 Å². The maximum absolute atomic E-state index is 12.9. The summed E-state index contributed by atoms with van der Waals surface area (Å²) in [6.07, 6.45) is -3.95. The molecule has 0 spiro atoms. The number of aromatic nitrogens is 2. The van der Waals surface area contributed by atoms with Gasteiger partial charge in [0.1, 0.15) is 12.4 Å². The van der Waals surface area contributed by atoms with Crippen LogP contribution >= 0.6 is 0 Å². The number of benzene rings is 2. The number of hydrogen-bond acceptors (Lipinski definition) is 3. The average molecular weight is 393 g/mol. The van der Waals surface area contributed by atoms with Gasteiger partial charge in [-0.05, 0) is 23.8 Å². The number of halogens is 4. The highest BCUT2D eigenvalue weighted by atomic mass is 19.4. The first-order valence-electron chi connectivity index (χ1n) is 8.12. The van der Waals surface area contributed by atoms with Crippen molar-refractivity contribution in [2.24, 2.45) is 7.05 Å². The molecule has 3 aromatic rings. The summed E-state index contributed by atoms with van der Waals surface area (Å²) in [5.41, 5.74) is 0.530. The molecule has 3 rings (SSSR count). The Kier molecular flexibility index (Phi) is 5.34. The second kappa shape index (κ2) is 7.71. The van der Waals surface area contributed by atoms with Crippen molar-refractivity contribution in [1.82, 2.24) is 9.78 Å². The number of carbonyl (C=O) groups is 1. The van der Waals surface area contributed by atoms with E-state index in [1.807, 2.05) is 0 Å². The molecular formula is C19H15F4N3O2. The van der Waals surface area contributed by atoms with Crippen LogP contribution in [0.5, 0.6) is 5.75 Å². The Bertz CT molecular complexity index is 982. The van der Waals surface area contributed by atoms with Crippen molar-refractivity contribution in [1.29, 1.82) is 0 Å². The predicted octanol–water partition coefficient (Wildman–Crippen LogP) is 5.19. The fourth-order valence-electron chi connectivity index (χ4n) is 2.61. The second-order valence-electron chi connectivity index (χ2n) is 5.88. The monoisotopic (exact) mass is 393 g/mol. The molecule has 1 amide bonds. The standard InChI is InChI=1S/C19H15F4N3O2/c1-26-11-17(16(10-20)25-26)28-18(27)24-15-5-3-2-4-14(15)12-6-8-13(9-7-12)19(21,22)23/h2-9,11H,10H2,1H3,(H,24,27). The van der Waals surface area contributed by atoms with Crippen LogP contribution in [-0.2, 0) is 19.9 Å². The molecular weight excluding hydrogens is 378 g/mol. The molecule has 2 aromatic carbocycles. The summed E-state index contributed by atoms with van der Waals surface area (Å²) in [6, 6.07) is 11.1. The van der Waals surface area contributed by atoms with Gasteiger partial charge in [-0.25, -0.2) is 9.18 Å².